The van der Waals surface area contributed by atoms with Gasteiger partial charge in [0.2, 0.25) is 5.96 Å². The van der Waals surface area contributed by atoms with Crippen LogP contribution in [0.5, 0.6) is 5.75 Å². The van der Waals surface area contributed by atoms with Gasteiger partial charge in [0, 0.05) is 6.42 Å². The average Bonchev–Trinajstić information content (AvgIpc) is 2.59. The minimum absolute atomic E-state index is 0.302. The number of guanidine groups is 1. The Labute approximate surface area is 93.6 Å². The van der Waals surface area contributed by atoms with Gasteiger partial charge in [0.1, 0.15) is 5.75 Å². The highest BCUT2D eigenvalue weighted by Crippen LogP contribution is 2.16. The lowest BCUT2D eigenvalue weighted by Crippen LogP contribution is -2.54. The molecule has 1 aromatic rings. The lowest BCUT2D eigenvalue weighted by Gasteiger charge is -2.20. The molecule has 1 heterocycles. The molecule has 2 rings (SSSR count). The van der Waals surface area contributed by atoms with Crippen molar-refractivity contribution in [2.24, 2.45) is 16.5 Å². The molecule has 16 heavy (non-hydrogen) atoms. The number of ether oxygens (including phenoxy) is 1. The standard InChI is InChI=1S/C10H15N5O/c1-16-8-4-2-7(3-5-8)6-10(12)13-9(11)14-15-10/h2-5,15H,6,12H2,1H3,(H3,11,13,14). The molecule has 1 aliphatic rings. The first-order valence-electron chi connectivity index (χ1n) is 4.92. The smallest absolute Gasteiger partial charge is 0.206 e. The van der Waals surface area contributed by atoms with Gasteiger partial charge in [0.15, 0.2) is 5.79 Å². The summed E-state index contributed by atoms with van der Waals surface area (Å²) in [6.45, 7) is 0. The number of rotatable bonds is 3. The molecule has 0 saturated heterocycles. The molecule has 0 bridgehead atoms. The molecule has 0 aliphatic carbocycles. The maximum Gasteiger partial charge on any atom is 0.206 e. The molecule has 6 N–H and O–H groups in total. The van der Waals surface area contributed by atoms with Crippen molar-refractivity contribution in [3.63, 3.8) is 0 Å². The van der Waals surface area contributed by atoms with Crippen molar-refractivity contribution < 1.29 is 4.74 Å². The number of nitrogens with two attached hydrogens (primary N) is 2. The molecule has 86 valence electrons. The highest BCUT2D eigenvalue weighted by molar-refractivity contribution is 5.79. The summed E-state index contributed by atoms with van der Waals surface area (Å²) in [6.07, 6.45) is 0.546. The Morgan fingerprint density at radius 1 is 1.38 bits per heavy atom. The van der Waals surface area contributed by atoms with Crippen LogP contribution in [0, 0.1) is 0 Å². The number of aliphatic imine (C=N–C) groups is 1. The van der Waals surface area contributed by atoms with Crippen LogP contribution in [0.25, 0.3) is 0 Å². The van der Waals surface area contributed by atoms with Crippen molar-refractivity contribution in [1.82, 2.24) is 10.9 Å². The Hall–Kier alpha value is -1.79. The lowest BCUT2D eigenvalue weighted by molar-refractivity contribution is 0.359. The van der Waals surface area contributed by atoms with Crippen LogP contribution in [-0.2, 0) is 6.42 Å². The lowest BCUT2D eigenvalue weighted by atomic mass is 10.1. The zero-order chi connectivity index (χ0) is 11.6. The third-order valence-corrected chi connectivity index (χ3v) is 2.36. The second kappa shape index (κ2) is 3.99. The predicted molar refractivity (Wildman–Crippen MR) is 61.5 cm³/mol. The Bertz CT molecular complexity index is 402. The van der Waals surface area contributed by atoms with Gasteiger partial charge in [-0.1, -0.05) is 12.1 Å². The summed E-state index contributed by atoms with van der Waals surface area (Å²) in [5, 5.41) is 0. The Morgan fingerprint density at radius 3 is 2.56 bits per heavy atom. The minimum Gasteiger partial charge on any atom is -0.497 e. The van der Waals surface area contributed by atoms with Crippen LogP contribution in [-0.4, -0.2) is 18.9 Å². The Morgan fingerprint density at radius 2 is 2.06 bits per heavy atom. The summed E-state index contributed by atoms with van der Waals surface area (Å²) in [5.41, 5.74) is 18.0. The SMILES string of the molecule is COc1ccc(CC2(N)N=C(N)NN2)cc1. The van der Waals surface area contributed by atoms with E-state index in [-0.39, 0.29) is 0 Å². The zero-order valence-electron chi connectivity index (χ0n) is 9.03. The molecule has 0 saturated carbocycles. The average molecular weight is 221 g/mol. The van der Waals surface area contributed by atoms with Crippen LogP contribution >= 0.6 is 0 Å². The predicted octanol–water partition coefficient (Wildman–Crippen LogP) is -0.727. The second-order valence-corrected chi connectivity index (χ2v) is 3.70. The van der Waals surface area contributed by atoms with E-state index < -0.39 is 5.79 Å². The molecule has 6 nitrogen and oxygen atoms in total. The van der Waals surface area contributed by atoms with Crippen LogP contribution in [0.15, 0.2) is 29.3 Å². The monoisotopic (exact) mass is 221 g/mol. The molecule has 1 aromatic carbocycles. The van der Waals surface area contributed by atoms with Crippen LogP contribution in [0.2, 0.25) is 0 Å². The first-order valence-corrected chi connectivity index (χ1v) is 4.92. The number of benzene rings is 1. The number of nitrogens with zero attached hydrogens (tertiary/aromatic N) is 1. The Kier molecular flexibility index (Phi) is 2.67. The van der Waals surface area contributed by atoms with E-state index in [0.29, 0.717) is 12.4 Å². The van der Waals surface area contributed by atoms with E-state index in [0.717, 1.165) is 11.3 Å². The highest BCUT2D eigenvalue weighted by Gasteiger charge is 2.29. The third-order valence-electron chi connectivity index (χ3n) is 2.36. The normalized spacial score (nSPS) is 23.8. The summed E-state index contributed by atoms with van der Waals surface area (Å²) >= 11 is 0. The van der Waals surface area contributed by atoms with E-state index in [1.54, 1.807) is 7.11 Å². The fourth-order valence-corrected chi connectivity index (χ4v) is 1.58. The molecule has 6 heteroatoms. The van der Waals surface area contributed by atoms with Crippen molar-refractivity contribution in [1.29, 1.82) is 0 Å². The van der Waals surface area contributed by atoms with Crippen LogP contribution in [0.1, 0.15) is 5.56 Å². The molecular weight excluding hydrogens is 206 g/mol. The van der Waals surface area contributed by atoms with Crippen molar-refractivity contribution in [3.8, 4) is 5.75 Å². The maximum absolute atomic E-state index is 5.98. The number of hydrogen-bond acceptors (Lipinski definition) is 6. The van der Waals surface area contributed by atoms with Gasteiger partial charge in [-0.3, -0.25) is 11.2 Å². The topological polar surface area (TPSA) is 97.7 Å². The first kappa shape index (κ1) is 10.7. The maximum atomic E-state index is 5.98. The van der Waals surface area contributed by atoms with Crippen molar-refractivity contribution in [2.45, 2.75) is 12.2 Å². The van der Waals surface area contributed by atoms with Crippen molar-refractivity contribution >= 4 is 5.96 Å². The summed E-state index contributed by atoms with van der Waals surface area (Å²) in [6, 6.07) is 7.65. The fraction of sp³-hybridized carbons (Fsp3) is 0.300. The van der Waals surface area contributed by atoms with E-state index >= 15 is 0 Å². The van der Waals surface area contributed by atoms with Crippen LogP contribution < -0.4 is 27.1 Å². The van der Waals surface area contributed by atoms with Crippen molar-refractivity contribution in [2.75, 3.05) is 7.11 Å². The largest absolute Gasteiger partial charge is 0.497 e. The van der Waals surface area contributed by atoms with Crippen LogP contribution in [0.4, 0.5) is 0 Å². The third kappa shape index (κ3) is 2.23. The minimum atomic E-state index is -0.876. The summed E-state index contributed by atoms with van der Waals surface area (Å²) < 4.78 is 5.07. The Balaban J connectivity index is 2.09. The molecular formula is C10H15N5O. The van der Waals surface area contributed by atoms with Gasteiger partial charge in [0.25, 0.3) is 0 Å². The van der Waals surface area contributed by atoms with E-state index in [1.165, 1.54) is 0 Å². The number of hydrazine groups is 1. The summed E-state index contributed by atoms with van der Waals surface area (Å²) in [5.74, 6) is 0.241. The molecule has 1 atom stereocenters. The van der Waals surface area contributed by atoms with Gasteiger partial charge in [0.05, 0.1) is 7.11 Å². The molecule has 1 unspecified atom stereocenters. The van der Waals surface area contributed by atoms with Gasteiger partial charge in [-0.2, -0.15) is 5.43 Å². The zero-order valence-corrected chi connectivity index (χ0v) is 9.03. The molecule has 1 aliphatic heterocycles. The number of nitrogens with one attached hydrogen (secondary N) is 2. The summed E-state index contributed by atoms with van der Waals surface area (Å²) in [4.78, 5) is 4.08. The first-order chi connectivity index (χ1) is 7.61. The fourth-order valence-electron chi connectivity index (χ4n) is 1.58. The molecule has 0 aromatic heterocycles. The van der Waals surface area contributed by atoms with Crippen molar-refractivity contribution in [3.05, 3.63) is 29.8 Å². The molecule has 0 spiro atoms. The molecule has 0 radical (unpaired) electrons. The van der Waals surface area contributed by atoms with Gasteiger partial charge >= 0.3 is 0 Å². The molecule has 0 amide bonds. The van der Waals surface area contributed by atoms with E-state index in [1.807, 2.05) is 24.3 Å². The van der Waals surface area contributed by atoms with E-state index in [4.69, 9.17) is 16.2 Å². The molecule has 0 fully saturated rings. The van der Waals surface area contributed by atoms with E-state index in [2.05, 4.69) is 15.8 Å². The quantitative estimate of drug-likeness (QED) is 0.539. The number of hydrogen-bond donors (Lipinski definition) is 4. The van der Waals surface area contributed by atoms with Crippen LogP contribution in [0.3, 0.4) is 0 Å². The van der Waals surface area contributed by atoms with Gasteiger partial charge in [-0.05, 0) is 17.7 Å². The van der Waals surface area contributed by atoms with Gasteiger partial charge in [-0.25, -0.2) is 4.99 Å². The van der Waals surface area contributed by atoms with Gasteiger partial charge < -0.3 is 10.5 Å². The van der Waals surface area contributed by atoms with Gasteiger partial charge in [-0.15, -0.1) is 0 Å². The van der Waals surface area contributed by atoms with E-state index in [9.17, 15) is 0 Å². The second-order valence-electron chi connectivity index (χ2n) is 3.70. The number of methoxy groups -OCH3 is 1. The summed E-state index contributed by atoms with van der Waals surface area (Å²) in [7, 11) is 1.63. The highest BCUT2D eigenvalue weighted by atomic mass is 16.5.